The Labute approximate surface area is 308 Å². The number of aryl methyl sites for hydroxylation is 1. The minimum Gasteiger partial charge on any atom is -0.340 e. The first-order valence-electron chi connectivity index (χ1n) is 19.1. The fourth-order valence-corrected chi connectivity index (χ4v) is 9.88. The van der Waals surface area contributed by atoms with Gasteiger partial charge in [-0.2, -0.15) is 0 Å². The molecule has 0 bridgehead atoms. The third-order valence-electron chi connectivity index (χ3n) is 11.4. The molecule has 0 aliphatic carbocycles. The molecule has 0 saturated heterocycles. The van der Waals surface area contributed by atoms with Crippen LogP contribution in [-0.4, -0.2) is 4.57 Å². The minimum atomic E-state index is 1.03. The highest BCUT2D eigenvalue weighted by atomic mass is 32.1. The molecule has 1 nitrogen and oxygen atoms in total. The molecule has 0 aliphatic heterocycles. The Morgan fingerprint density at radius 1 is 0.423 bits per heavy atom. The second-order valence-corrected chi connectivity index (χ2v) is 15.6. The van der Waals surface area contributed by atoms with Gasteiger partial charge in [0.15, 0.2) is 0 Å². The summed E-state index contributed by atoms with van der Waals surface area (Å²) in [5, 5.41) is 13.3. The van der Waals surface area contributed by atoms with Crippen LogP contribution in [0, 0.1) is 0 Å². The van der Waals surface area contributed by atoms with Gasteiger partial charge in [-0.05, 0) is 74.5 Å². The number of benzene rings is 8. The molecule has 0 saturated carbocycles. The average molecular weight is 688 g/mol. The van der Waals surface area contributed by atoms with Gasteiger partial charge >= 0.3 is 0 Å². The maximum Gasteiger partial charge on any atom is 0.0571 e. The maximum atomic E-state index is 2.66. The zero-order chi connectivity index (χ0) is 34.6. The van der Waals surface area contributed by atoms with Crippen molar-refractivity contribution in [1.82, 2.24) is 4.57 Å². The maximum absolute atomic E-state index is 2.66. The predicted octanol–water partition coefficient (Wildman–Crippen LogP) is 15.3. The van der Waals surface area contributed by atoms with Crippen LogP contribution >= 0.6 is 11.3 Å². The van der Waals surface area contributed by atoms with Gasteiger partial charge in [-0.25, -0.2) is 0 Å². The number of nitrogens with zero attached hydrogens (tertiary/aromatic N) is 1. The van der Waals surface area contributed by atoms with Crippen LogP contribution in [0.15, 0.2) is 146 Å². The van der Waals surface area contributed by atoms with E-state index in [0.29, 0.717) is 0 Å². The van der Waals surface area contributed by atoms with Crippen LogP contribution in [0.25, 0.3) is 96.5 Å². The lowest BCUT2D eigenvalue weighted by molar-refractivity contribution is 0.571. The van der Waals surface area contributed by atoms with E-state index in [1.54, 1.807) is 0 Å². The molecule has 0 unspecified atom stereocenters. The van der Waals surface area contributed by atoms with E-state index < -0.39 is 0 Å². The van der Waals surface area contributed by atoms with Crippen LogP contribution in [0.5, 0.6) is 0 Å². The lowest BCUT2D eigenvalue weighted by Crippen LogP contribution is -1.98. The van der Waals surface area contributed by atoms with Crippen LogP contribution in [0.2, 0.25) is 0 Å². The van der Waals surface area contributed by atoms with E-state index in [2.05, 4.69) is 157 Å². The van der Waals surface area contributed by atoms with Gasteiger partial charge in [0.2, 0.25) is 0 Å². The van der Waals surface area contributed by atoms with E-state index in [9.17, 15) is 0 Å². The highest BCUT2D eigenvalue weighted by Crippen LogP contribution is 2.44. The number of aromatic nitrogens is 1. The van der Waals surface area contributed by atoms with Crippen LogP contribution in [0.1, 0.15) is 45.4 Å². The highest BCUT2D eigenvalue weighted by Gasteiger charge is 2.18. The molecule has 10 rings (SSSR count). The summed E-state index contributed by atoms with van der Waals surface area (Å²) >= 11 is 1.95. The summed E-state index contributed by atoms with van der Waals surface area (Å²) in [5.74, 6) is 0. The van der Waals surface area contributed by atoms with E-state index in [1.807, 2.05) is 11.3 Å². The van der Waals surface area contributed by atoms with Crippen LogP contribution in [0.3, 0.4) is 0 Å². The van der Waals surface area contributed by atoms with Crippen molar-refractivity contribution in [2.24, 2.45) is 0 Å². The number of unbranched alkanes of at least 4 members (excludes halogenated alkanes) is 5. The van der Waals surface area contributed by atoms with E-state index in [-0.39, 0.29) is 0 Å². The Hall–Kier alpha value is -5.44. The van der Waals surface area contributed by atoms with E-state index in [4.69, 9.17) is 0 Å². The number of hydrogen-bond acceptors (Lipinski definition) is 1. The van der Waals surface area contributed by atoms with Crippen LogP contribution in [0.4, 0.5) is 0 Å². The number of fused-ring (bicyclic) bond motifs is 11. The number of thiophene rings is 1. The zero-order valence-corrected chi connectivity index (χ0v) is 30.5. The lowest BCUT2D eigenvalue weighted by atomic mass is 9.99. The second-order valence-electron chi connectivity index (χ2n) is 14.6. The van der Waals surface area contributed by atoms with Gasteiger partial charge in [0.25, 0.3) is 0 Å². The van der Waals surface area contributed by atoms with Crippen molar-refractivity contribution in [2.75, 3.05) is 0 Å². The van der Waals surface area contributed by atoms with Gasteiger partial charge in [0.1, 0.15) is 0 Å². The van der Waals surface area contributed by atoms with E-state index in [0.717, 1.165) is 6.54 Å². The summed E-state index contributed by atoms with van der Waals surface area (Å²) in [6, 6.07) is 54.8. The molecule has 0 N–H and O–H groups in total. The molecule has 0 aliphatic rings. The molecule has 2 heterocycles. The fourth-order valence-electron chi connectivity index (χ4n) is 8.61. The van der Waals surface area contributed by atoms with E-state index >= 15 is 0 Å². The fraction of sp³-hybridized carbons (Fsp3) is 0.160. The first-order chi connectivity index (χ1) is 25.7. The molecule has 52 heavy (non-hydrogen) atoms. The minimum absolute atomic E-state index is 1.03. The quantitative estimate of drug-likeness (QED) is 0.133. The molecule has 10 aromatic rings. The Kier molecular flexibility index (Phi) is 7.80. The predicted molar refractivity (Wildman–Crippen MR) is 229 cm³/mol. The Bertz CT molecular complexity index is 2960. The van der Waals surface area contributed by atoms with Crippen molar-refractivity contribution in [3.05, 3.63) is 146 Å². The molecule has 8 aromatic carbocycles. The molecule has 0 amide bonds. The summed E-state index contributed by atoms with van der Waals surface area (Å²) < 4.78 is 5.40. The third-order valence-corrected chi connectivity index (χ3v) is 12.6. The van der Waals surface area contributed by atoms with Gasteiger partial charge in [0.05, 0.1) is 5.52 Å². The topological polar surface area (TPSA) is 4.93 Å². The molecule has 0 radical (unpaired) electrons. The molecule has 0 atom stereocenters. The van der Waals surface area contributed by atoms with Crippen molar-refractivity contribution < 1.29 is 0 Å². The Balaban J connectivity index is 1.12. The van der Waals surface area contributed by atoms with Crippen molar-refractivity contribution in [3.63, 3.8) is 0 Å². The molecule has 0 spiro atoms. The van der Waals surface area contributed by atoms with Crippen molar-refractivity contribution in [1.29, 1.82) is 0 Å². The van der Waals surface area contributed by atoms with Crippen molar-refractivity contribution in [3.8, 4) is 22.3 Å². The molecule has 252 valence electrons. The van der Waals surface area contributed by atoms with Crippen molar-refractivity contribution in [2.45, 2.75) is 52.0 Å². The lowest BCUT2D eigenvalue weighted by Gasteiger charge is -2.11. The third kappa shape index (κ3) is 5.28. The largest absolute Gasteiger partial charge is 0.340 e. The molecular weight excluding hydrogens is 647 g/mol. The van der Waals surface area contributed by atoms with E-state index in [1.165, 1.54) is 135 Å². The first kappa shape index (κ1) is 31.3. The summed E-state index contributed by atoms with van der Waals surface area (Å²) in [5.41, 5.74) is 7.83. The van der Waals surface area contributed by atoms with Gasteiger partial charge in [-0.15, -0.1) is 11.3 Å². The SMILES string of the molecule is CCCCCCCCn1c2cc(-c3ccc4ccccc4c3)ccc2c2ccc3c(ccc4c5ccc(-c6ccc7ccccc7c6)cc5sc43)c21. The highest BCUT2D eigenvalue weighted by molar-refractivity contribution is 7.26. The normalized spacial score (nSPS) is 12.1. The molecule has 2 heteroatoms. The smallest absolute Gasteiger partial charge is 0.0571 e. The van der Waals surface area contributed by atoms with Gasteiger partial charge in [-0.3, -0.25) is 0 Å². The molecular formula is C50H41NS. The first-order valence-corrected chi connectivity index (χ1v) is 19.9. The second kappa shape index (κ2) is 13.0. The Morgan fingerprint density at radius 2 is 0.923 bits per heavy atom. The molecule has 2 aromatic heterocycles. The number of hydrogen-bond donors (Lipinski definition) is 0. The molecule has 0 fully saturated rings. The van der Waals surface area contributed by atoms with Gasteiger partial charge in [-0.1, -0.05) is 160 Å². The summed E-state index contributed by atoms with van der Waals surface area (Å²) in [4.78, 5) is 0. The van der Waals surface area contributed by atoms with Crippen LogP contribution in [-0.2, 0) is 6.54 Å². The van der Waals surface area contributed by atoms with Crippen LogP contribution < -0.4 is 0 Å². The van der Waals surface area contributed by atoms with Crippen molar-refractivity contribution >= 4 is 85.6 Å². The Morgan fingerprint density at radius 3 is 1.62 bits per heavy atom. The van der Waals surface area contributed by atoms with Gasteiger partial charge < -0.3 is 4.57 Å². The van der Waals surface area contributed by atoms with Gasteiger partial charge in [0, 0.05) is 53.8 Å². The monoisotopic (exact) mass is 687 g/mol. The summed E-state index contributed by atoms with van der Waals surface area (Å²) in [6.45, 7) is 3.33. The summed E-state index contributed by atoms with van der Waals surface area (Å²) in [7, 11) is 0. The standard InChI is InChI=1S/C50H41NS/c1-2-3-4-5-6-11-28-51-47-31-39(37-18-16-33-12-7-9-14-35(33)29-37)20-22-41(47)43-24-27-46-44(49(43)51)25-26-45-42-23-21-40(32-48(42)52-50(45)46)38-19-17-34-13-8-10-15-36(34)30-38/h7-10,12-27,29-32H,2-6,11,28H2,1H3. The average Bonchev–Trinajstić information content (AvgIpc) is 3.73. The zero-order valence-electron chi connectivity index (χ0n) is 29.7. The number of rotatable bonds is 9. The summed E-state index contributed by atoms with van der Waals surface area (Å²) in [6.07, 6.45) is 7.75.